The van der Waals surface area contributed by atoms with Gasteiger partial charge in [0.05, 0.1) is 0 Å². The normalized spacial score (nSPS) is 21.2. The van der Waals surface area contributed by atoms with E-state index in [0.717, 1.165) is 0 Å². The van der Waals surface area contributed by atoms with Gasteiger partial charge in [0.15, 0.2) is 0 Å². The number of rotatable bonds is 5. The third-order valence-corrected chi connectivity index (χ3v) is 4.34. The molecule has 1 N–H and O–H groups in total. The van der Waals surface area contributed by atoms with Gasteiger partial charge < -0.3 is 5.32 Å². The molecule has 2 rings (SSSR count). The highest BCUT2D eigenvalue weighted by atomic mass is 15.0. The fraction of sp³-hybridized carbons (Fsp3) is 0.625. The van der Waals surface area contributed by atoms with Crippen LogP contribution in [0.1, 0.15) is 52.1 Å². The molecule has 0 spiro atoms. The minimum atomic E-state index is 0.476. The Hall–Kier alpha value is -0.820. The second-order valence-electron chi connectivity index (χ2n) is 6.17. The molecule has 1 aromatic carbocycles. The lowest BCUT2D eigenvalue weighted by Gasteiger charge is -2.30. The molecule has 1 heteroatoms. The number of benzene rings is 1. The lowest BCUT2D eigenvalue weighted by Crippen LogP contribution is -2.38. The summed E-state index contributed by atoms with van der Waals surface area (Å²) in [4.78, 5) is 0. The van der Waals surface area contributed by atoms with E-state index < -0.39 is 0 Å². The summed E-state index contributed by atoms with van der Waals surface area (Å²) >= 11 is 0. The molecule has 1 aliphatic carbocycles. The predicted octanol–water partition coefficient (Wildman–Crippen LogP) is 4.16. The number of hydrogen-bond acceptors (Lipinski definition) is 1. The molecule has 1 aromatic rings. The van der Waals surface area contributed by atoms with Crippen molar-refractivity contribution in [2.75, 3.05) is 0 Å². The molecule has 2 unspecified atom stereocenters. The first kappa shape index (κ1) is 12.6. The maximum Gasteiger partial charge on any atom is 0.0345 e. The molecule has 17 heavy (non-hydrogen) atoms. The van der Waals surface area contributed by atoms with Gasteiger partial charge in [-0.05, 0) is 36.7 Å². The molecule has 1 aliphatic rings. The molecule has 0 amide bonds. The lowest BCUT2D eigenvalue weighted by molar-refractivity contribution is 0.300. The molecular weight excluding hydrogens is 206 g/mol. The number of hydrogen-bond donors (Lipinski definition) is 1. The van der Waals surface area contributed by atoms with Gasteiger partial charge in [-0.2, -0.15) is 0 Å². The van der Waals surface area contributed by atoms with E-state index in [1.165, 1.54) is 18.4 Å². The van der Waals surface area contributed by atoms with Crippen molar-refractivity contribution in [1.29, 1.82) is 0 Å². The highest BCUT2D eigenvalue weighted by molar-refractivity contribution is 5.20. The molecule has 0 radical (unpaired) electrons. The van der Waals surface area contributed by atoms with Crippen LogP contribution in [0.25, 0.3) is 0 Å². The maximum absolute atomic E-state index is 3.84. The second-order valence-corrected chi connectivity index (χ2v) is 6.17. The summed E-state index contributed by atoms with van der Waals surface area (Å²) in [5, 5.41) is 3.84. The Morgan fingerprint density at radius 2 is 1.65 bits per heavy atom. The van der Waals surface area contributed by atoms with Crippen LogP contribution in [0.2, 0.25) is 0 Å². The second kappa shape index (κ2) is 4.81. The summed E-state index contributed by atoms with van der Waals surface area (Å²) in [6, 6.07) is 11.9. The van der Waals surface area contributed by atoms with Gasteiger partial charge in [-0.3, -0.25) is 0 Å². The summed E-state index contributed by atoms with van der Waals surface area (Å²) in [5.74, 6) is 0.627. The zero-order chi connectivity index (χ0) is 12.5. The van der Waals surface area contributed by atoms with E-state index in [-0.39, 0.29) is 0 Å². The summed E-state index contributed by atoms with van der Waals surface area (Å²) in [6.45, 7) is 9.33. The van der Waals surface area contributed by atoms with Crippen molar-refractivity contribution in [3.8, 4) is 0 Å². The highest BCUT2D eigenvalue weighted by Crippen LogP contribution is 2.48. The molecule has 1 saturated carbocycles. The summed E-state index contributed by atoms with van der Waals surface area (Å²) in [7, 11) is 0. The van der Waals surface area contributed by atoms with Crippen LogP contribution in [0.4, 0.5) is 0 Å². The standard InChI is InChI=1S/C16H25N/c1-12(2)15(14-8-6-5-7-9-14)17-13(3)16(4)10-11-16/h5-9,12-13,15,17H,10-11H2,1-4H3. The molecule has 0 saturated heterocycles. The van der Waals surface area contributed by atoms with Gasteiger partial charge in [0, 0.05) is 12.1 Å². The average molecular weight is 231 g/mol. The summed E-state index contributed by atoms with van der Waals surface area (Å²) in [5.41, 5.74) is 1.96. The van der Waals surface area contributed by atoms with Crippen LogP contribution in [0.5, 0.6) is 0 Å². The third kappa shape index (κ3) is 2.90. The first-order valence-corrected chi connectivity index (χ1v) is 6.84. The van der Waals surface area contributed by atoms with Crippen LogP contribution in [0.15, 0.2) is 30.3 Å². The molecule has 1 fully saturated rings. The molecule has 0 heterocycles. The molecule has 0 aromatic heterocycles. The predicted molar refractivity (Wildman–Crippen MR) is 74.0 cm³/mol. The largest absolute Gasteiger partial charge is 0.307 e. The molecule has 94 valence electrons. The van der Waals surface area contributed by atoms with E-state index in [1.807, 2.05) is 0 Å². The van der Waals surface area contributed by atoms with E-state index in [9.17, 15) is 0 Å². The van der Waals surface area contributed by atoms with E-state index in [1.54, 1.807) is 0 Å². The van der Waals surface area contributed by atoms with Crippen LogP contribution in [0.3, 0.4) is 0 Å². The fourth-order valence-electron chi connectivity index (χ4n) is 2.43. The minimum Gasteiger partial charge on any atom is -0.307 e. The Kier molecular flexibility index (Phi) is 3.58. The Labute approximate surface area is 106 Å². The van der Waals surface area contributed by atoms with Crippen molar-refractivity contribution in [1.82, 2.24) is 5.32 Å². The Morgan fingerprint density at radius 3 is 2.12 bits per heavy atom. The van der Waals surface area contributed by atoms with Crippen molar-refractivity contribution in [2.45, 2.75) is 52.6 Å². The molecule has 2 atom stereocenters. The summed E-state index contributed by atoms with van der Waals surface area (Å²) in [6.07, 6.45) is 2.75. The van der Waals surface area contributed by atoms with Crippen molar-refractivity contribution >= 4 is 0 Å². The Balaban J connectivity index is 2.08. The monoisotopic (exact) mass is 231 g/mol. The van der Waals surface area contributed by atoms with Crippen molar-refractivity contribution in [3.05, 3.63) is 35.9 Å². The zero-order valence-electron chi connectivity index (χ0n) is 11.5. The van der Waals surface area contributed by atoms with Gasteiger partial charge in [0.25, 0.3) is 0 Å². The van der Waals surface area contributed by atoms with Crippen LogP contribution in [-0.4, -0.2) is 6.04 Å². The first-order chi connectivity index (χ1) is 8.03. The maximum atomic E-state index is 3.84. The molecule has 0 aliphatic heterocycles. The van der Waals surface area contributed by atoms with Gasteiger partial charge in [-0.1, -0.05) is 51.1 Å². The van der Waals surface area contributed by atoms with E-state index >= 15 is 0 Å². The smallest absolute Gasteiger partial charge is 0.0345 e. The topological polar surface area (TPSA) is 12.0 Å². The van der Waals surface area contributed by atoms with Crippen LogP contribution in [0, 0.1) is 11.3 Å². The zero-order valence-corrected chi connectivity index (χ0v) is 11.5. The van der Waals surface area contributed by atoms with Crippen molar-refractivity contribution in [3.63, 3.8) is 0 Å². The fourth-order valence-corrected chi connectivity index (χ4v) is 2.43. The van der Waals surface area contributed by atoms with Gasteiger partial charge in [-0.15, -0.1) is 0 Å². The van der Waals surface area contributed by atoms with E-state index in [4.69, 9.17) is 0 Å². The molecule has 0 bridgehead atoms. The van der Waals surface area contributed by atoms with Crippen LogP contribution in [-0.2, 0) is 0 Å². The highest BCUT2D eigenvalue weighted by Gasteiger charge is 2.43. The quantitative estimate of drug-likeness (QED) is 0.802. The van der Waals surface area contributed by atoms with Gasteiger partial charge in [0.1, 0.15) is 0 Å². The van der Waals surface area contributed by atoms with Crippen LogP contribution < -0.4 is 5.32 Å². The van der Waals surface area contributed by atoms with E-state index in [2.05, 4.69) is 63.3 Å². The Morgan fingerprint density at radius 1 is 1.06 bits per heavy atom. The van der Waals surface area contributed by atoms with Crippen molar-refractivity contribution < 1.29 is 0 Å². The average Bonchev–Trinajstić information content (AvgIpc) is 3.06. The SMILES string of the molecule is CC(C)C(NC(C)C1(C)CC1)c1ccccc1. The molecule has 1 nitrogen and oxygen atoms in total. The van der Waals surface area contributed by atoms with Crippen LogP contribution >= 0.6 is 0 Å². The van der Waals surface area contributed by atoms with Gasteiger partial charge in [-0.25, -0.2) is 0 Å². The van der Waals surface area contributed by atoms with Gasteiger partial charge in [0.2, 0.25) is 0 Å². The Bertz CT molecular complexity index is 351. The summed E-state index contributed by atoms with van der Waals surface area (Å²) < 4.78 is 0. The minimum absolute atomic E-state index is 0.476. The third-order valence-electron chi connectivity index (χ3n) is 4.34. The van der Waals surface area contributed by atoms with Gasteiger partial charge >= 0.3 is 0 Å². The molecular formula is C16H25N. The first-order valence-electron chi connectivity index (χ1n) is 6.84. The lowest BCUT2D eigenvalue weighted by atomic mass is 9.92. The van der Waals surface area contributed by atoms with E-state index in [0.29, 0.717) is 23.4 Å². The number of nitrogens with one attached hydrogen (secondary N) is 1. The van der Waals surface area contributed by atoms with Crippen molar-refractivity contribution in [2.24, 2.45) is 11.3 Å².